The second-order valence-corrected chi connectivity index (χ2v) is 5.19. The van der Waals surface area contributed by atoms with Gasteiger partial charge in [-0.3, -0.25) is 9.59 Å². The lowest BCUT2D eigenvalue weighted by atomic mass is 10.1. The minimum Gasteiger partial charge on any atom is -0.354 e. The third-order valence-corrected chi connectivity index (χ3v) is 3.67. The molecule has 0 atom stereocenters. The minimum atomic E-state index is -0.0526. The zero-order valence-corrected chi connectivity index (χ0v) is 12.0. The maximum absolute atomic E-state index is 12.1. The van der Waals surface area contributed by atoms with Gasteiger partial charge in [0.2, 0.25) is 11.8 Å². The number of hydrogen-bond acceptors (Lipinski definition) is 2. The van der Waals surface area contributed by atoms with Crippen molar-refractivity contribution in [2.24, 2.45) is 0 Å². The highest BCUT2D eigenvalue weighted by Gasteiger charge is 2.19. The fraction of sp³-hybridized carbons (Fsp3) is 0.500. The molecule has 0 spiro atoms. The van der Waals surface area contributed by atoms with Crippen LogP contribution in [0.4, 0.5) is 0 Å². The Labute approximate surface area is 120 Å². The number of amides is 2. The molecule has 2 rings (SSSR count). The zero-order valence-electron chi connectivity index (χ0n) is 12.0. The van der Waals surface area contributed by atoms with E-state index in [4.69, 9.17) is 0 Å². The van der Waals surface area contributed by atoms with Crippen molar-refractivity contribution >= 4 is 11.8 Å². The van der Waals surface area contributed by atoms with Gasteiger partial charge in [-0.05, 0) is 30.4 Å². The SMILES string of the molecule is CCc1ccc(CCC(=O)N2CCCNC(=O)C2)cc1. The van der Waals surface area contributed by atoms with E-state index in [9.17, 15) is 9.59 Å². The van der Waals surface area contributed by atoms with Crippen LogP contribution in [-0.4, -0.2) is 36.3 Å². The third kappa shape index (κ3) is 4.08. The molecular formula is C16H22N2O2. The molecule has 4 nitrogen and oxygen atoms in total. The van der Waals surface area contributed by atoms with Gasteiger partial charge in [0.05, 0.1) is 6.54 Å². The molecule has 1 aromatic rings. The van der Waals surface area contributed by atoms with Crippen LogP contribution in [0.25, 0.3) is 0 Å². The summed E-state index contributed by atoms with van der Waals surface area (Å²) in [7, 11) is 0. The van der Waals surface area contributed by atoms with Gasteiger partial charge in [0.1, 0.15) is 0 Å². The van der Waals surface area contributed by atoms with E-state index in [0.717, 1.165) is 19.3 Å². The Morgan fingerprint density at radius 3 is 2.65 bits per heavy atom. The Kier molecular flexibility index (Phi) is 5.16. The molecule has 0 bridgehead atoms. The minimum absolute atomic E-state index is 0.0526. The van der Waals surface area contributed by atoms with Crippen LogP contribution in [0.2, 0.25) is 0 Å². The highest BCUT2D eigenvalue weighted by Crippen LogP contribution is 2.09. The topological polar surface area (TPSA) is 49.4 Å². The van der Waals surface area contributed by atoms with Crippen LogP contribution in [0.3, 0.4) is 0 Å². The average molecular weight is 274 g/mol. The molecule has 1 aromatic carbocycles. The van der Waals surface area contributed by atoms with Gasteiger partial charge in [0.15, 0.2) is 0 Å². The van der Waals surface area contributed by atoms with Crippen molar-refractivity contribution in [1.29, 1.82) is 0 Å². The van der Waals surface area contributed by atoms with Crippen LogP contribution < -0.4 is 5.32 Å². The van der Waals surface area contributed by atoms with Gasteiger partial charge in [-0.1, -0.05) is 31.2 Å². The first-order valence-corrected chi connectivity index (χ1v) is 7.31. The fourth-order valence-electron chi connectivity index (χ4n) is 2.37. The lowest BCUT2D eigenvalue weighted by Gasteiger charge is -2.18. The molecule has 4 heteroatoms. The van der Waals surface area contributed by atoms with Crippen LogP contribution in [0.1, 0.15) is 30.9 Å². The number of aryl methyl sites for hydroxylation is 2. The van der Waals surface area contributed by atoms with E-state index in [-0.39, 0.29) is 18.4 Å². The van der Waals surface area contributed by atoms with Gasteiger partial charge in [0.25, 0.3) is 0 Å². The molecule has 1 N–H and O–H groups in total. The molecular weight excluding hydrogens is 252 g/mol. The first kappa shape index (κ1) is 14.6. The van der Waals surface area contributed by atoms with Gasteiger partial charge in [-0.2, -0.15) is 0 Å². The normalized spacial score (nSPS) is 15.7. The van der Waals surface area contributed by atoms with Crippen molar-refractivity contribution in [2.75, 3.05) is 19.6 Å². The summed E-state index contributed by atoms with van der Waals surface area (Å²) < 4.78 is 0. The Morgan fingerprint density at radius 1 is 1.25 bits per heavy atom. The molecule has 1 aliphatic heterocycles. The van der Waals surface area contributed by atoms with Crippen molar-refractivity contribution in [3.8, 4) is 0 Å². The number of carbonyl (C=O) groups is 2. The number of benzene rings is 1. The maximum Gasteiger partial charge on any atom is 0.239 e. The maximum atomic E-state index is 12.1. The van der Waals surface area contributed by atoms with Crippen molar-refractivity contribution < 1.29 is 9.59 Å². The van der Waals surface area contributed by atoms with E-state index in [1.807, 2.05) is 0 Å². The smallest absolute Gasteiger partial charge is 0.239 e. The lowest BCUT2D eigenvalue weighted by molar-refractivity contribution is -0.135. The number of carbonyl (C=O) groups excluding carboxylic acids is 2. The molecule has 0 aromatic heterocycles. The Bertz CT molecular complexity index is 468. The largest absolute Gasteiger partial charge is 0.354 e. The molecule has 1 heterocycles. The quantitative estimate of drug-likeness (QED) is 0.905. The van der Waals surface area contributed by atoms with E-state index in [2.05, 4.69) is 36.5 Å². The Morgan fingerprint density at radius 2 is 1.95 bits per heavy atom. The van der Waals surface area contributed by atoms with Gasteiger partial charge in [-0.15, -0.1) is 0 Å². The molecule has 1 aliphatic rings. The monoisotopic (exact) mass is 274 g/mol. The molecule has 0 saturated carbocycles. The molecule has 108 valence electrons. The van der Waals surface area contributed by atoms with E-state index in [0.29, 0.717) is 19.5 Å². The van der Waals surface area contributed by atoms with Gasteiger partial charge >= 0.3 is 0 Å². The van der Waals surface area contributed by atoms with E-state index >= 15 is 0 Å². The summed E-state index contributed by atoms with van der Waals surface area (Å²) in [4.78, 5) is 25.2. The van der Waals surface area contributed by atoms with Gasteiger partial charge in [0, 0.05) is 19.5 Å². The number of hydrogen-bond donors (Lipinski definition) is 1. The van der Waals surface area contributed by atoms with Crippen LogP contribution in [0, 0.1) is 0 Å². The van der Waals surface area contributed by atoms with Crippen LogP contribution in [0.5, 0.6) is 0 Å². The summed E-state index contributed by atoms with van der Waals surface area (Å²) in [5.41, 5.74) is 2.49. The summed E-state index contributed by atoms with van der Waals surface area (Å²) >= 11 is 0. The molecule has 1 fully saturated rings. The third-order valence-electron chi connectivity index (χ3n) is 3.67. The van der Waals surface area contributed by atoms with Crippen molar-refractivity contribution in [1.82, 2.24) is 10.2 Å². The molecule has 0 unspecified atom stereocenters. The fourth-order valence-corrected chi connectivity index (χ4v) is 2.37. The second kappa shape index (κ2) is 7.08. The van der Waals surface area contributed by atoms with Crippen LogP contribution in [-0.2, 0) is 22.4 Å². The highest BCUT2D eigenvalue weighted by atomic mass is 16.2. The summed E-state index contributed by atoms with van der Waals surface area (Å²) in [6, 6.07) is 8.39. The van der Waals surface area contributed by atoms with Crippen LogP contribution in [0.15, 0.2) is 24.3 Å². The van der Waals surface area contributed by atoms with Crippen molar-refractivity contribution in [2.45, 2.75) is 32.6 Å². The number of nitrogens with zero attached hydrogens (tertiary/aromatic N) is 1. The van der Waals surface area contributed by atoms with Gasteiger partial charge < -0.3 is 10.2 Å². The first-order chi connectivity index (χ1) is 9.69. The number of rotatable bonds is 4. The predicted molar refractivity (Wildman–Crippen MR) is 78.3 cm³/mol. The summed E-state index contributed by atoms with van der Waals surface area (Å²) in [6.07, 6.45) is 3.07. The van der Waals surface area contributed by atoms with E-state index in [1.54, 1.807) is 4.90 Å². The van der Waals surface area contributed by atoms with E-state index in [1.165, 1.54) is 11.1 Å². The predicted octanol–water partition coefficient (Wildman–Crippen LogP) is 1.53. The standard InChI is InChI=1S/C16H22N2O2/c1-2-13-4-6-14(7-5-13)8-9-16(20)18-11-3-10-17-15(19)12-18/h4-7H,2-3,8-12H2,1H3,(H,17,19). The molecule has 1 saturated heterocycles. The van der Waals surface area contributed by atoms with Crippen molar-refractivity contribution in [3.63, 3.8) is 0 Å². The van der Waals surface area contributed by atoms with Crippen molar-refractivity contribution in [3.05, 3.63) is 35.4 Å². The van der Waals surface area contributed by atoms with Gasteiger partial charge in [-0.25, -0.2) is 0 Å². The Balaban J connectivity index is 1.85. The van der Waals surface area contributed by atoms with Crippen LogP contribution >= 0.6 is 0 Å². The summed E-state index contributed by atoms with van der Waals surface area (Å²) in [5.74, 6) is 0.0183. The molecule has 2 amide bonds. The van der Waals surface area contributed by atoms with E-state index < -0.39 is 0 Å². The second-order valence-electron chi connectivity index (χ2n) is 5.19. The highest BCUT2D eigenvalue weighted by molar-refractivity contribution is 5.85. The average Bonchev–Trinajstić information content (AvgIpc) is 2.70. The molecule has 0 radical (unpaired) electrons. The summed E-state index contributed by atoms with van der Waals surface area (Å²) in [6.45, 7) is 3.67. The molecule has 20 heavy (non-hydrogen) atoms. The zero-order chi connectivity index (χ0) is 14.4. The molecule has 0 aliphatic carbocycles. The lowest BCUT2D eigenvalue weighted by Crippen LogP contribution is -2.37. The Hall–Kier alpha value is -1.84. The summed E-state index contributed by atoms with van der Waals surface area (Å²) in [5, 5.41) is 2.78. The number of nitrogens with one attached hydrogen (secondary N) is 1. The first-order valence-electron chi connectivity index (χ1n) is 7.31.